The van der Waals surface area contributed by atoms with Crippen molar-refractivity contribution in [3.05, 3.63) is 28.4 Å². The molecule has 2 aromatic rings. The van der Waals surface area contributed by atoms with Gasteiger partial charge < -0.3 is 0 Å². The summed E-state index contributed by atoms with van der Waals surface area (Å²) in [4.78, 5) is 17.7. The molecule has 0 saturated carbocycles. The molecule has 0 bridgehead atoms. The maximum absolute atomic E-state index is 6.05. The fourth-order valence-corrected chi connectivity index (χ4v) is 2.65. The molecular weight excluding hydrogens is 272 g/mol. The smallest absolute Gasteiger partial charge is 0.225 e. The van der Waals surface area contributed by atoms with Crippen molar-refractivity contribution in [1.82, 2.24) is 19.9 Å². The summed E-state index contributed by atoms with van der Waals surface area (Å²) in [7, 11) is 0. The Bertz CT molecular complexity index is 709. The van der Waals surface area contributed by atoms with E-state index in [0.717, 1.165) is 41.4 Å². The first-order chi connectivity index (χ1) is 9.54. The minimum Gasteiger partial charge on any atom is -0.246 e. The Hall–Kier alpha value is -1.55. The molecule has 0 saturated heterocycles. The van der Waals surface area contributed by atoms with Crippen molar-refractivity contribution < 1.29 is 0 Å². The van der Waals surface area contributed by atoms with Gasteiger partial charge in [-0.05, 0) is 56.2 Å². The highest BCUT2D eigenvalue weighted by atomic mass is 35.5. The summed E-state index contributed by atoms with van der Waals surface area (Å²) >= 11 is 6.05. The molecule has 5 heteroatoms. The molecule has 0 spiro atoms. The topological polar surface area (TPSA) is 51.6 Å². The van der Waals surface area contributed by atoms with Crippen LogP contribution in [0, 0.1) is 19.8 Å². The van der Waals surface area contributed by atoms with Gasteiger partial charge in [0.15, 0.2) is 5.65 Å². The van der Waals surface area contributed by atoms with E-state index in [-0.39, 0.29) is 5.28 Å². The Kier molecular flexibility index (Phi) is 3.42. The average molecular weight is 289 g/mol. The van der Waals surface area contributed by atoms with Gasteiger partial charge in [0.2, 0.25) is 5.28 Å². The zero-order valence-electron chi connectivity index (χ0n) is 11.9. The van der Waals surface area contributed by atoms with Gasteiger partial charge in [-0.25, -0.2) is 15.0 Å². The number of hydrogen-bond donors (Lipinski definition) is 0. The molecule has 1 unspecified atom stereocenters. The first-order valence-electron chi connectivity index (χ1n) is 6.92. The second-order valence-electron chi connectivity index (χ2n) is 5.52. The monoisotopic (exact) mass is 288 g/mol. The third-order valence-corrected chi connectivity index (χ3v) is 4.06. The zero-order chi connectivity index (χ0) is 14.3. The summed E-state index contributed by atoms with van der Waals surface area (Å²) in [6.07, 6.45) is 5.52. The van der Waals surface area contributed by atoms with Crippen LogP contribution in [-0.2, 0) is 0 Å². The summed E-state index contributed by atoms with van der Waals surface area (Å²) in [5.41, 5.74) is 5.21. The number of rotatable bonds is 1. The van der Waals surface area contributed by atoms with E-state index in [1.807, 2.05) is 13.8 Å². The number of hydrogen-bond acceptors (Lipinski definition) is 4. The Labute approximate surface area is 123 Å². The van der Waals surface area contributed by atoms with Crippen LogP contribution in [-0.4, -0.2) is 19.9 Å². The van der Waals surface area contributed by atoms with E-state index in [9.17, 15) is 0 Å². The lowest BCUT2D eigenvalue weighted by Crippen LogP contribution is -2.06. The zero-order valence-corrected chi connectivity index (χ0v) is 12.7. The van der Waals surface area contributed by atoms with Crippen LogP contribution in [0.2, 0.25) is 5.28 Å². The maximum Gasteiger partial charge on any atom is 0.225 e. The molecular formula is C15H17ClN4. The SMILES string of the molecule is Cc1nc2nc(Cl)nc(C3=CCC(C)CC3)c2nc1C. The van der Waals surface area contributed by atoms with Crippen molar-refractivity contribution in [3.8, 4) is 0 Å². The second-order valence-corrected chi connectivity index (χ2v) is 5.85. The number of halogens is 1. The second kappa shape index (κ2) is 5.09. The van der Waals surface area contributed by atoms with Crippen molar-refractivity contribution in [2.45, 2.75) is 40.0 Å². The molecule has 0 amide bonds. The molecule has 1 aliphatic carbocycles. The maximum atomic E-state index is 6.05. The number of aromatic nitrogens is 4. The third-order valence-electron chi connectivity index (χ3n) is 3.89. The lowest BCUT2D eigenvalue weighted by Gasteiger charge is -2.18. The van der Waals surface area contributed by atoms with Crippen LogP contribution < -0.4 is 0 Å². The van der Waals surface area contributed by atoms with Crippen LogP contribution in [0.3, 0.4) is 0 Å². The first kappa shape index (κ1) is 13.4. The number of nitrogens with zero attached hydrogens (tertiary/aromatic N) is 4. The fraction of sp³-hybridized carbons (Fsp3) is 0.467. The van der Waals surface area contributed by atoms with E-state index in [1.165, 1.54) is 12.0 Å². The molecule has 4 nitrogen and oxygen atoms in total. The van der Waals surface area contributed by atoms with Crippen LogP contribution in [0.4, 0.5) is 0 Å². The van der Waals surface area contributed by atoms with Gasteiger partial charge in [-0.3, -0.25) is 0 Å². The van der Waals surface area contributed by atoms with Crippen molar-refractivity contribution in [3.63, 3.8) is 0 Å². The Morgan fingerprint density at radius 2 is 1.85 bits per heavy atom. The van der Waals surface area contributed by atoms with Crippen molar-refractivity contribution in [2.24, 2.45) is 5.92 Å². The van der Waals surface area contributed by atoms with Gasteiger partial charge in [-0.15, -0.1) is 0 Å². The minimum absolute atomic E-state index is 0.240. The molecule has 1 aliphatic rings. The summed E-state index contributed by atoms with van der Waals surface area (Å²) in [5.74, 6) is 0.734. The van der Waals surface area contributed by atoms with Crippen LogP contribution in [0.15, 0.2) is 6.08 Å². The molecule has 20 heavy (non-hydrogen) atoms. The van der Waals surface area contributed by atoms with Gasteiger partial charge >= 0.3 is 0 Å². The van der Waals surface area contributed by atoms with E-state index in [4.69, 9.17) is 11.6 Å². The molecule has 104 valence electrons. The van der Waals surface area contributed by atoms with E-state index < -0.39 is 0 Å². The van der Waals surface area contributed by atoms with E-state index >= 15 is 0 Å². The summed E-state index contributed by atoms with van der Waals surface area (Å²) in [6.45, 7) is 6.15. The van der Waals surface area contributed by atoms with Gasteiger partial charge in [0.05, 0.1) is 17.1 Å². The first-order valence-corrected chi connectivity index (χ1v) is 7.30. The van der Waals surface area contributed by atoms with Crippen LogP contribution in [0.5, 0.6) is 0 Å². The molecule has 2 heterocycles. The van der Waals surface area contributed by atoms with Gasteiger partial charge in [-0.1, -0.05) is 13.0 Å². The van der Waals surface area contributed by atoms with Crippen LogP contribution in [0.25, 0.3) is 16.7 Å². The molecule has 2 aromatic heterocycles. The summed E-state index contributed by atoms with van der Waals surface area (Å²) in [5, 5.41) is 0.240. The third kappa shape index (κ3) is 2.40. The normalized spacial score (nSPS) is 19.2. The highest BCUT2D eigenvalue weighted by Crippen LogP contribution is 2.32. The standard InChI is InChI=1S/C15H17ClN4/c1-8-4-6-11(7-5-8)12-13-14(20-15(16)19-12)18-10(3)9(2)17-13/h6,8H,4-5,7H2,1-3H3. The fourth-order valence-electron chi connectivity index (χ4n) is 2.49. The Morgan fingerprint density at radius 3 is 2.55 bits per heavy atom. The van der Waals surface area contributed by atoms with Crippen LogP contribution in [0.1, 0.15) is 43.3 Å². The van der Waals surface area contributed by atoms with Gasteiger partial charge in [0, 0.05) is 0 Å². The largest absolute Gasteiger partial charge is 0.246 e. The van der Waals surface area contributed by atoms with Crippen molar-refractivity contribution >= 4 is 28.3 Å². The lowest BCUT2D eigenvalue weighted by molar-refractivity contribution is 0.533. The van der Waals surface area contributed by atoms with Gasteiger partial charge in [0.25, 0.3) is 0 Å². The van der Waals surface area contributed by atoms with E-state index in [2.05, 4.69) is 32.9 Å². The predicted octanol–water partition coefficient (Wildman–Crippen LogP) is 3.89. The van der Waals surface area contributed by atoms with Crippen molar-refractivity contribution in [2.75, 3.05) is 0 Å². The van der Waals surface area contributed by atoms with Gasteiger partial charge in [0.1, 0.15) is 5.52 Å². The molecule has 0 aromatic carbocycles. The number of fused-ring (bicyclic) bond motifs is 1. The molecule has 0 N–H and O–H groups in total. The Morgan fingerprint density at radius 1 is 1.10 bits per heavy atom. The average Bonchev–Trinajstić information content (AvgIpc) is 2.41. The molecule has 0 radical (unpaired) electrons. The number of aryl methyl sites for hydroxylation is 2. The minimum atomic E-state index is 0.240. The molecule has 1 atom stereocenters. The van der Waals surface area contributed by atoms with Gasteiger partial charge in [-0.2, -0.15) is 4.98 Å². The Balaban J connectivity index is 2.22. The molecule has 3 rings (SSSR count). The molecule has 0 aliphatic heterocycles. The van der Waals surface area contributed by atoms with Crippen LogP contribution >= 0.6 is 11.6 Å². The lowest BCUT2D eigenvalue weighted by atomic mass is 9.89. The predicted molar refractivity (Wildman–Crippen MR) is 80.6 cm³/mol. The molecule has 0 fully saturated rings. The van der Waals surface area contributed by atoms with E-state index in [0.29, 0.717) is 5.65 Å². The highest BCUT2D eigenvalue weighted by Gasteiger charge is 2.18. The van der Waals surface area contributed by atoms with Crippen molar-refractivity contribution in [1.29, 1.82) is 0 Å². The summed E-state index contributed by atoms with van der Waals surface area (Å²) < 4.78 is 0. The number of allylic oxidation sites excluding steroid dienone is 2. The quantitative estimate of drug-likeness (QED) is 0.747. The summed E-state index contributed by atoms with van der Waals surface area (Å²) in [6, 6.07) is 0. The van der Waals surface area contributed by atoms with E-state index in [1.54, 1.807) is 0 Å². The highest BCUT2D eigenvalue weighted by molar-refractivity contribution is 6.28.